The highest BCUT2D eigenvalue weighted by molar-refractivity contribution is 6.30. The Morgan fingerprint density at radius 2 is 1.76 bits per heavy atom. The number of halogens is 1. The van der Waals surface area contributed by atoms with Crippen LogP contribution in [-0.2, 0) is 26.4 Å². The van der Waals surface area contributed by atoms with E-state index >= 15 is 0 Å². The molecule has 0 bridgehead atoms. The molecule has 2 aromatic rings. The highest BCUT2D eigenvalue weighted by Gasteiger charge is 2.51. The molecular formula is C24H27ClN4O4. The molecule has 4 rings (SSSR count). The van der Waals surface area contributed by atoms with E-state index in [9.17, 15) is 14.4 Å². The van der Waals surface area contributed by atoms with Crippen LogP contribution in [0.5, 0.6) is 0 Å². The van der Waals surface area contributed by atoms with Crippen molar-refractivity contribution in [3.05, 3.63) is 64.7 Å². The van der Waals surface area contributed by atoms with Gasteiger partial charge in [0.1, 0.15) is 12.1 Å². The molecule has 0 spiro atoms. The summed E-state index contributed by atoms with van der Waals surface area (Å²) < 4.78 is 5.37. The number of anilines is 1. The second-order valence-electron chi connectivity index (χ2n) is 8.22. The highest BCUT2D eigenvalue weighted by atomic mass is 35.5. The summed E-state index contributed by atoms with van der Waals surface area (Å²) in [4.78, 5) is 41.7. The first kappa shape index (κ1) is 23.2. The molecule has 2 fully saturated rings. The Morgan fingerprint density at radius 1 is 1.09 bits per heavy atom. The lowest BCUT2D eigenvalue weighted by Gasteiger charge is -2.26. The number of nitrogens with zero attached hydrogens (tertiary/aromatic N) is 2. The number of amides is 4. The number of hydrogen-bond acceptors (Lipinski definition) is 5. The Bertz CT molecular complexity index is 1020. The van der Waals surface area contributed by atoms with Crippen molar-refractivity contribution in [2.24, 2.45) is 0 Å². The van der Waals surface area contributed by atoms with E-state index in [2.05, 4.69) is 15.5 Å². The largest absolute Gasteiger partial charge is 0.379 e. The van der Waals surface area contributed by atoms with E-state index in [-0.39, 0.29) is 6.54 Å². The first-order chi connectivity index (χ1) is 15.9. The van der Waals surface area contributed by atoms with Crippen LogP contribution in [0.2, 0.25) is 5.02 Å². The van der Waals surface area contributed by atoms with E-state index < -0.39 is 23.4 Å². The van der Waals surface area contributed by atoms with Crippen molar-refractivity contribution in [2.75, 3.05) is 38.2 Å². The van der Waals surface area contributed by atoms with Crippen molar-refractivity contribution in [1.29, 1.82) is 0 Å². The van der Waals surface area contributed by atoms with Gasteiger partial charge in [-0.2, -0.15) is 0 Å². The molecule has 33 heavy (non-hydrogen) atoms. The third kappa shape index (κ3) is 5.03. The van der Waals surface area contributed by atoms with Crippen LogP contribution in [0.4, 0.5) is 10.5 Å². The molecule has 1 unspecified atom stereocenters. The fourth-order valence-electron chi connectivity index (χ4n) is 4.20. The van der Waals surface area contributed by atoms with Gasteiger partial charge < -0.3 is 15.4 Å². The fourth-order valence-corrected chi connectivity index (χ4v) is 4.32. The molecule has 2 aliphatic heterocycles. The Morgan fingerprint density at radius 3 is 2.39 bits per heavy atom. The second kappa shape index (κ2) is 9.91. The molecule has 2 saturated heterocycles. The van der Waals surface area contributed by atoms with Crippen molar-refractivity contribution in [1.82, 2.24) is 15.1 Å². The molecule has 2 heterocycles. The summed E-state index contributed by atoms with van der Waals surface area (Å²) in [5.74, 6) is -0.893. The molecule has 1 atom stereocenters. The molecule has 0 radical (unpaired) electrons. The van der Waals surface area contributed by atoms with Gasteiger partial charge in [0.2, 0.25) is 5.91 Å². The predicted molar refractivity (Wildman–Crippen MR) is 125 cm³/mol. The molecule has 9 heteroatoms. The summed E-state index contributed by atoms with van der Waals surface area (Å²) in [7, 11) is 0. The average Bonchev–Trinajstić information content (AvgIpc) is 3.06. The third-order valence-electron chi connectivity index (χ3n) is 6.09. The summed E-state index contributed by atoms with van der Waals surface area (Å²) in [5, 5.41) is 6.07. The van der Waals surface area contributed by atoms with E-state index in [4.69, 9.17) is 16.3 Å². The average molecular weight is 471 g/mol. The standard InChI is InChI=1S/C24H27ClN4O4/c1-2-24(18-5-7-19(25)8-6-18)22(31)29(23(32)27-24)16-21(30)26-20-9-3-17(4-10-20)15-28-11-13-33-14-12-28/h3-10H,2,11-16H2,1H3,(H,26,30)(H,27,32). The minimum atomic E-state index is -1.21. The number of imide groups is 1. The predicted octanol–water partition coefficient (Wildman–Crippen LogP) is 2.97. The van der Waals surface area contributed by atoms with Crippen LogP contribution in [0.1, 0.15) is 24.5 Å². The van der Waals surface area contributed by atoms with E-state index in [1.165, 1.54) is 0 Å². The molecule has 0 aliphatic carbocycles. The van der Waals surface area contributed by atoms with Gasteiger partial charge in [0, 0.05) is 30.3 Å². The number of nitrogens with one attached hydrogen (secondary N) is 2. The third-order valence-corrected chi connectivity index (χ3v) is 6.34. The van der Waals surface area contributed by atoms with Crippen molar-refractivity contribution in [2.45, 2.75) is 25.4 Å². The van der Waals surface area contributed by atoms with E-state index in [0.29, 0.717) is 22.7 Å². The second-order valence-corrected chi connectivity index (χ2v) is 8.66. The van der Waals surface area contributed by atoms with Gasteiger partial charge in [0.25, 0.3) is 5.91 Å². The van der Waals surface area contributed by atoms with Crippen LogP contribution in [0.25, 0.3) is 0 Å². The normalized spacial score (nSPS) is 21.2. The zero-order valence-corrected chi connectivity index (χ0v) is 19.2. The van der Waals surface area contributed by atoms with Crippen molar-refractivity contribution < 1.29 is 19.1 Å². The Labute approximate surface area is 197 Å². The maximum absolute atomic E-state index is 13.2. The monoisotopic (exact) mass is 470 g/mol. The van der Waals surface area contributed by atoms with Crippen LogP contribution in [0, 0.1) is 0 Å². The maximum atomic E-state index is 13.2. The quantitative estimate of drug-likeness (QED) is 0.607. The van der Waals surface area contributed by atoms with Gasteiger partial charge in [-0.1, -0.05) is 42.8 Å². The number of ether oxygens (including phenoxy) is 1. The number of carbonyl (C=O) groups is 3. The van der Waals surface area contributed by atoms with Crippen molar-refractivity contribution >= 4 is 35.1 Å². The van der Waals surface area contributed by atoms with Gasteiger partial charge in [0.05, 0.1) is 13.2 Å². The number of morpholine rings is 1. The minimum absolute atomic E-state index is 0.349. The number of urea groups is 1. The summed E-state index contributed by atoms with van der Waals surface area (Å²) in [5.41, 5.74) is 1.17. The van der Waals surface area contributed by atoms with Crippen LogP contribution in [0.15, 0.2) is 48.5 Å². The summed E-state index contributed by atoms with van der Waals surface area (Å²) in [6.07, 6.45) is 0.349. The minimum Gasteiger partial charge on any atom is -0.379 e. The lowest BCUT2D eigenvalue weighted by Crippen LogP contribution is -2.44. The molecule has 2 aliphatic rings. The Hall–Kier alpha value is -2.94. The molecule has 0 saturated carbocycles. The Balaban J connectivity index is 1.38. The molecule has 2 N–H and O–H groups in total. The molecule has 2 aromatic carbocycles. The van der Waals surface area contributed by atoms with Crippen LogP contribution in [-0.4, -0.2) is 60.5 Å². The van der Waals surface area contributed by atoms with Crippen molar-refractivity contribution in [3.63, 3.8) is 0 Å². The molecule has 8 nitrogen and oxygen atoms in total. The van der Waals surface area contributed by atoms with Gasteiger partial charge in [-0.25, -0.2) is 4.79 Å². The highest BCUT2D eigenvalue weighted by Crippen LogP contribution is 2.33. The van der Waals surface area contributed by atoms with E-state index in [1.807, 2.05) is 31.2 Å². The Kier molecular flexibility index (Phi) is 6.97. The van der Waals surface area contributed by atoms with Gasteiger partial charge in [-0.05, 0) is 41.8 Å². The number of hydrogen-bond donors (Lipinski definition) is 2. The maximum Gasteiger partial charge on any atom is 0.325 e. The van der Waals surface area contributed by atoms with Crippen LogP contribution >= 0.6 is 11.6 Å². The topological polar surface area (TPSA) is 91.0 Å². The SMILES string of the molecule is CCC1(c2ccc(Cl)cc2)NC(=O)N(CC(=O)Nc2ccc(CN3CCOCC3)cc2)C1=O. The summed E-state index contributed by atoms with van der Waals surface area (Å²) in [6, 6.07) is 13.7. The van der Waals surface area contributed by atoms with Gasteiger partial charge in [0.15, 0.2) is 0 Å². The zero-order valence-electron chi connectivity index (χ0n) is 18.5. The number of carbonyl (C=O) groups excluding carboxylic acids is 3. The summed E-state index contributed by atoms with van der Waals surface area (Å²) in [6.45, 7) is 5.57. The number of rotatable bonds is 7. The van der Waals surface area contributed by atoms with E-state index in [1.54, 1.807) is 24.3 Å². The zero-order chi connectivity index (χ0) is 23.4. The van der Waals surface area contributed by atoms with Gasteiger partial charge >= 0.3 is 6.03 Å². The first-order valence-corrected chi connectivity index (χ1v) is 11.4. The fraction of sp³-hybridized carbons (Fsp3) is 0.375. The summed E-state index contributed by atoms with van der Waals surface area (Å²) >= 11 is 5.96. The molecule has 174 valence electrons. The molecule has 4 amide bonds. The lowest BCUT2D eigenvalue weighted by molar-refractivity contribution is -0.134. The number of benzene rings is 2. The molecular weight excluding hydrogens is 444 g/mol. The van der Waals surface area contributed by atoms with Crippen LogP contribution in [0.3, 0.4) is 0 Å². The molecule has 0 aromatic heterocycles. The smallest absolute Gasteiger partial charge is 0.325 e. The van der Waals surface area contributed by atoms with Gasteiger partial charge in [-0.3, -0.25) is 19.4 Å². The van der Waals surface area contributed by atoms with Crippen LogP contribution < -0.4 is 10.6 Å². The van der Waals surface area contributed by atoms with Crippen molar-refractivity contribution in [3.8, 4) is 0 Å². The lowest BCUT2D eigenvalue weighted by atomic mass is 9.87. The van der Waals surface area contributed by atoms with Gasteiger partial charge in [-0.15, -0.1) is 0 Å². The van der Waals surface area contributed by atoms with E-state index in [0.717, 1.165) is 43.3 Å². The first-order valence-electron chi connectivity index (χ1n) is 11.0.